The number of nitrogens with zero attached hydrogens (tertiary/aromatic N) is 1. The molecule has 1 aliphatic rings. The lowest BCUT2D eigenvalue weighted by Crippen LogP contribution is -2.19. The molecule has 0 unspecified atom stereocenters. The van der Waals surface area contributed by atoms with E-state index in [1.54, 1.807) is 0 Å². The summed E-state index contributed by atoms with van der Waals surface area (Å²) in [5.74, 6) is 0. The van der Waals surface area contributed by atoms with Gasteiger partial charge in [0.15, 0.2) is 0 Å². The Morgan fingerprint density at radius 3 is 2.73 bits per heavy atom. The van der Waals surface area contributed by atoms with Crippen LogP contribution in [0.3, 0.4) is 0 Å². The summed E-state index contributed by atoms with van der Waals surface area (Å²) in [5, 5.41) is 2.95. The molecular weight excluding hydrogens is 140 g/mol. The van der Waals surface area contributed by atoms with Crippen molar-refractivity contribution in [3.05, 3.63) is 24.8 Å². The van der Waals surface area contributed by atoms with E-state index in [0.717, 1.165) is 13.0 Å². The molecule has 0 radical (unpaired) electrons. The van der Waals surface area contributed by atoms with E-state index in [1.807, 2.05) is 29.7 Å². The fraction of sp³-hybridized carbons (Fsp3) is 0.500. The van der Waals surface area contributed by atoms with Gasteiger partial charge in [0.1, 0.15) is 6.73 Å². The fourth-order valence-electron chi connectivity index (χ4n) is 0.783. The summed E-state index contributed by atoms with van der Waals surface area (Å²) in [7, 11) is 0. The molecule has 0 fully saturated rings. The minimum absolute atomic E-state index is 0.641. The number of ether oxygens (including phenoxy) is 1. The first-order valence-corrected chi connectivity index (χ1v) is 3.86. The van der Waals surface area contributed by atoms with E-state index in [-0.39, 0.29) is 0 Å². The SMILES string of the molecule is CCCOCN1C=CNC=C1. The molecule has 0 saturated heterocycles. The second-order valence-electron chi connectivity index (χ2n) is 2.35. The molecule has 0 saturated carbocycles. The topological polar surface area (TPSA) is 24.5 Å². The van der Waals surface area contributed by atoms with Gasteiger partial charge in [0.25, 0.3) is 0 Å². The highest BCUT2D eigenvalue weighted by Crippen LogP contribution is 1.95. The zero-order valence-corrected chi connectivity index (χ0v) is 6.79. The summed E-state index contributed by atoms with van der Waals surface area (Å²) in [6.45, 7) is 3.57. The van der Waals surface area contributed by atoms with Gasteiger partial charge in [0.05, 0.1) is 0 Å². The van der Waals surface area contributed by atoms with Gasteiger partial charge >= 0.3 is 0 Å². The van der Waals surface area contributed by atoms with E-state index in [9.17, 15) is 0 Å². The zero-order valence-electron chi connectivity index (χ0n) is 6.79. The monoisotopic (exact) mass is 154 g/mol. The first-order valence-electron chi connectivity index (χ1n) is 3.86. The molecule has 0 aromatic carbocycles. The number of nitrogens with one attached hydrogen (secondary N) is 1. The molecule has 62 valence electrons. The molecule has 11 heavy (non-hydrogen) atoms. The van der Waals surface area contributed by atoms with Crippen LogP contribution >= 0.6 is 0 Å². The summed E-state index contributed by atoms with van der Waals surface area (Å²) in [5.41, 5.74) is 0. The number of hydrogen-bond acceptors (Lipinski definition) is 3. The Kier molecular flexibility index (Phi) is 3.55. The van der Waals surface area contributed by atoms with Crippen molar-refractivity contribution in [3.63, 3.8) is 0 Å². The van der Waals surface area contributed by atoms with Crippen molar-refractivity contribution in [2.45, 2.75) is 13.3 Å². The standard InChI is InChI=1S/C8H14N2O/c1-2-7-11-8-10-5-3-9-4-6-10/h3-6,9H,2,7-8H2,1H3. The Morgan fingerprint density at radius 1 is 1.36 bits per heavy atom. The Bertz CT molecular complexity index is 142. The molecule has 1 aliphatic heterocycles. The molecule has 1 heterocycles. The van der Waals surface area contributed by atoms with Crippen molar-refractivity contribution in [2.24, 2.45) is 0 Å². The van der Waals surface area contributed by atoms with Gasteiger partial charge in [-0.2, -0.15) is 0 Å². The van der Waals surface area contributed by atoms with Crippen molar-refractivity contribution in [1.82, 2.24) is 10.2 Å². The van der Waals surface area contributed by atoms with Gasteiger partial charge < -0.3 is 15.0 Å². The highest BCUT2D eigenvalue weighted by Gasteiger charge is 1.94. The van der Waals surface area contributed by atoms with Gasteiger partial charge in [-0.05, 0) is 6.42 Å². The quantitative estimate of drug-likeness (QED) is 0.616. The highest BCUT2D eigenvalue weighted by atomic mass is 16.5. The molecule has 0 aromatic rings. The van der Waals surface area contributed by atoms with E-state index in [0.29, 0.717) is 6.73 Å². The fourth-order valence-corrected chi connectivity index (χ4v) is 0.783. The van der Waals surface area contributed by atoms with Crippen LogP contribution in [-0.4, -0.2) is 18.2 Å². The first kappa shape index (κ1) is 8.14. The molecule has 3 heteroatoms. The van der Waals surface area contributed by atoms with Crippen molar-refractivity contribution < 1.29 is 4.74 Å². The molecule has 0 atom stereocenters. The predicted molar refractivity (Wildman–Crippen MR) is 44.4 cm³/mol. The molecule has 0 aliphatic carbocycles. The lowest BCUT2D eigenvalue weighted by Gasteiger charge is -2.17. The van der Waals surface area contributed by atoms with Crippen molar-refractivity contribution in [1.29, 1.82) is 0 Å². The number of hydrogen-bond donors (Lipinski definition) is 1. The molecular formula is C8H14N2O. The summed E-state index contributed by atoms with van der Waals surface area (Å²) >= 11 is 0. The van der Waals surface area contributed by atoms with Gasteiger partial charge in [-0.25, -0.2) is 0 Å². The Labute approximate surface area is 67.3 Å². The van der Waals surface area contributed by atoms with E-state index < -0.39 is 0 Å². The van der Waals surface area contributed by atoms with Gasteiger partial charge in [-0.3, -0.25) is 0 Å². The molecule has 0 spiro atoms. The maximum Gasteiger partial charge on any atom is 0.122 e. The lowest BCUT2D eigenvalue weighted by atomic mass is 10.5. The van der Waals surface area contributed by atoms with Crippen LogP contribution in [0.5, 0.6) is 0 Å². The van der Waals surface area contributed by atoms with Crippen LogP contribution in [0.25, 0.3) is 0 Å². The predicted octanol–water partition coefficient (Wildman–Crippen LogP) is 1.22. The van der Waals surface area contributed by atoms with Crippen molar-refractivity contribution in [3.8, 4) is 0 Å². The molecule has 1 rings (SSSR count). The van der Waals surface area contributed by atoms with Crippen LogP contribution in [-0.2, 0) is 4.74 Å². The first-order chi connectivity index (χ1) is 5.43. The van der Waals surface area contributed by atoms with E-state index in [4.69, 9.17) is 4.74 Å². The molecule has 0 amide bonds. The highest BCUT2D eigenvalue weighted by molar-refractivity contribution is 4.97. The molecule has 0 aromatic heterocycles. The molecule has 1 N–H and O–H groups in total. The van der Waals surface area contributed by atoms with E-state index in [2.05, 4.69) is 12.2 Å². The average molecular weight is 154 g/mol. The lowest BCUT2D eigenvalue weighted by molar-refractivity contribution is 0.0746. The molecule has 0 bridgehead atoms. The molecule has 3 nitrogen and oxygen atoms in total. The largest absolute Gasteiger partial charge is 0.365 e. The van der Waals surface area contributed by atoms with E-state index >= 15 is 0 Å². The van der Waals surface area contributed by atoms with Crippen molar-refractivity contribution >= 4 is 0 Å². The number of rotatable bonds is 4. The van der Waals surface area contributed by atoms with Crippen LogP contribution in [0.1, 0.15) is 13.3 Å². The second-order valence-corrected chi connectivity index (χ2v) is 2.35. The van der Waals surface area contributed by atoms with Gasteiger partial charge in [0.2, 0.25) is 0 Å². The van der Waals surface area contributed by atoms with Crippen molar-refractivity contribution in [2.75, 3.05) is 13.3 Å². The summed E-state index contributed by atoms with van der Waals surface area (Å²) < 4.78 is 5.32. The smallest absolute Gasteiger partial charge is 0.122 e. The van der Waals surface area contributed by atoms with Gasteiger partial charge in [-0.15, -0.1) is 0 Å². The van der Waals surface area contributed by atoms with Crippen LogP contribution in [0, 0.1) is 0 Å². The Hall–Kier alpha value is -0.960. The third kappa shape index (κ3) is 3.09. The van der Waals surface area contributed by atoms with Crippen LogP contribution in [0.2, 0.25) is 0 Å². The minimum Gasteiger partial charge on any atom is -0.365 e. The summed E-state index contributed by atoms with van der Waals surface area (Å²) in [6.07, 6.45) is 8.69. The van der Waals surface area contributed by atoms with Gasteiger partial charge in [0, 0.05) is 31.4 Å². The Morgan fingerprint density at radius 2 is 2.09 bits per heavy atom. The van der Waals surface area contributed by atoms with Crippen LogP contribution in [0.15, 0.2) is 24.8 Å². The summed E-state index contributed by atoms with van der Waals surface area (Å²) in [6, 6.07) is 0. The maximum atomic E-state index is 5.32. The summed E-state index contributed by atoms with van der Waals surface area (Å²) in [4.78, 5) is 1.98. The zero-order chi connectivity index (χ0) is 7.94. The van der Waals surface area contributed by atoms with Crippen LogP contribution in [0.4, 0.5) is 0 Å². The third-order valence-corrected chi connectivity index (χ3v) is 1.31. The maximum absolute atomic E-state index is 5.32. The minimum atomic E-state index is 0.641. The third-order valence-electron chi connectivity index (χ3n) is 1.31. The normalized spacial score (nSPS) is 15.2. The Balaban J connectivity index is 2.10. The average Bonchev–Trinajstić information content (AvgIpc) is 2.07. The van der Waals surface area contributed by atoms with E-state index in [1.165, 1.54) is 0 Å². The second kappa shape index (κ2) is 4.79. The van der Waals surface area contributed by atoms with Crippen LogP contribution < -0.4 is 5.32 Å². The van der Waals surface area contributed by atoms with Gasteiger partial charge in [-0.1, -0.05) is 6.92 Å².